The summed E-state index contributed by atoms with van der Waals surface area (Å²) in [5.74, 6) is 0.651. The minimum Gasteiger partial charge on any atom is -0.383 e. The SMILES string of the molecule is COCCN(CC1CCCN2CCCCC12)C(=O)c1sc(C)nc1-c1ccccc1. The van der Waals surface area contributed by atoms with Crippen molar-refractivity contribution in [1.29, 1.82) is 0 Å². The summed E-state index contributed by atoms with van der Waals surface area (Å²) in [5, 5.41) is 0.931. The molecule has 0 radical (unpaired) electrons. The summed E-state index contributed by atoms with van der Waals surface area (Å²) >= 11 is 1.51. The van der Waals surface area contributed by atoms with Gasteiger partial charge in [-0.25, -0.2) is 4.98 Å². The fourth-order valence-electron chi connectivity index (χ4n) is 5.06. The van der Waals surface area contributed by atoms with Gasteiger partial charge in [-0.15, -0.1) is 11.3 Å². The Balaban J connectivity index is 1.57. The van der Waals surface area contributed by atoms with Gasteiger partial charge in [0, 0.05) is 31.8 Å². The summed E-state index contributed by atoms with van der Waals surface area (Å²) in [6, 6.07) is 10.7. The van der Waals surface area contributed by atoms with Crippen LogP contribution in [0.2, 0.25) is 0 Å². The predicted molar refractivity (Wildman–Crippen MR) is 122 cm³/mol. The van der Waals surface area contributed by atoms with Gasteiger partial charge >= 0.3 is 0 Å². The molecule has 5 nitrogen and oxygen atoms in total. The zero-order valence-corrected chi connectivity index (χ0v) is 19.0. The van der Waals surface area contributed by atoms with Gasteiger partial charge < -0.3 is 14.5 Å². The van der Waals surface area contributed by atoms with Crippen LogP contribution in [0.15, 0.2) is 30.3 Å². The molecule has 2 atom stereocenters. The Labute approximate surface area is 184 Å². The van der Waals surface area contributed by atoms with Crippen LogP contribution >= 0.6 is 11.3 Å². The lowest BCUT2D eigenvalue weighted by Gasteiger charge is -2.45. The summed E-state index contributed by atoms with van der Waals surface area (Å²) in [6.07, 6.45) is 6.35. The molecule has 30 heavy (non-hydrogen) atoms. The number of amides is 1. The molecule has 0 saturated carbocycles. The molecule has 1 aromatic carbocycles. The third-order valence-corrected chi connectivity index (χ3v) is 7.47. The number of fused-ring (bicyclic) bond motifs is 1. The molecule has 2 aliphatic heterocycles. The predicted octanol–water partition coefficient (Wildman–Crippen LogP) is 4.47. The maximum absolute atomic E-state index is 13.7. The molecular formula is C24H33N3O2S. The number of aryl methyl sites for hydroxylation is 1. The average molecular weight is 428 g/mol. The molecule has 0 spiro atoms. The lowest BCUT2D eigenvalue weighted by atomic mass is 9.83. The standard InChI is InChI=1S/C24H33N3O2S/c1-18-25-22(19-9-4-3-5-10-19)23(30-18)24(28)27(15-16-29-2)17-20-11-8-14-26-13-7-6-12-21(20)26/h3-5,9-10,20-21H,6-8,11-17H2,1-2H3. The third kappa shape index (κ3) is 4.76. The smallest absolute Gasteiger partial charge is 0.266 e. The van der Waals surface area contributed by atoms with E-state index in [0.717, 1.165) is 27.7 Å². The lowest BCUT2D eigenvalue weighted by Crippen LogP contribution is -2.52. The molecule has 6 heteroatoms. The van der Waals surface area contributed by atoms with Crippen LogP contribution in [0, 0.1) is 12.8 Å². The topological polar surface area (TPSA) is 45.7 Å². The molecule has 2 saturated heterocycles. The molecule has 3 heterocycles. The number of hydrogen-bond donors (Lipinski definition) is 0. The summed E-state index contributed by atoms with van der Waals surface area (Å²) in [5.41, 5.74) is 1.82. The Hall–Kier alpha value is -1.76. The first kappa shape index (κ1) is 21.5. The van der Waals surface area contributed by atoms with E-state index in [1.165, 1.54) is 56.5 Å². The van der Waals surface area contributed by atoms with Crippen LogP contribution < -0.4 is 0 Å². The molecule has 0 bridgehead atoms. The number of carbonyl (C=O) groups is 1. The van der Waals surface area contributed by atoms with Crippen LogP contribution in [0.25, 0.3) is 11.3 Å². The average Bonchev–Trinajstić information content (AvgIpc) is 3.18. The second-order valence-electron chi connectivity index (χ2n) is 8.52. The van der Waals surface area contributed by atoms with Gasteiger partial charge in [-0.3, -0.25) is 4.79 Å². The molecule has 4 rings (SSSR count). The first-order valence-electron chi connectivity index (χ1n) is 11.2. The summed E-state index contributed by atoms with van der Waals surface area (Å²) < 4.78 is 5.36. The number of benzene rings is 1. The fraction of sp³-hybridized carbons (Fsp3) is 0.583. The molecular weight excluding hydrogens is 394 g/mol. The van der Waals surface area contributed by atoms with Crippen molar-refractivity contribution in [3.05, 3.63) is 40.2 Å². The van der Waals surface area contributed by atoms with E-state index in [1.807, 2.05) is 42.2 Å². The van der Waals surface area contributed by atoms with Crippen LogP contribution in [0.3, 0.4) is 0 Å². The second kappa shape index (κ2) is 10.0. The van der Waals surface area contributed by atoms with Gasteiger partial charge in [-0.05, 0) is 51.6 Å². The van der Waals surface area contributed by atoms with Crippen molar-refractivity contribution in [3.8, 4) is 11.3 Å². The Bertz CT molecular complexity index is 836. The Morgan fingerprint density at radius 2 is 2.00 bits per heavy atom. The number of ether oxygens (including phenoxy) is 1. The number of rotatable bonds is 7. The van der Waals surface area contributed by atoms with E-state index in [1.54, 1.807) is 7.11 Å². The number of hydrogen-bond acceptors (Lipinski definition) is 5. The van der Waals surface area contributed by atoms with Crippen molar-refractivity contribution in [2.45, 2.75) is 45.1 Å². The number of thiazole rings is 1. The summed E-state index contributed by atoms with van der Waals surface area (Å²) in [6.45, 7) is 6.43. The van der Waals surface area contributed by atoms with E-state index in [9.17, 15) is 4.79 Å². The molecule has 2 aromatic rings. The van der Waals surface area contributed by atoms with Gasteiger partial charge in [0.15, 0.2) is 0 Å². The first-order chi connectivity index (χ1) is 14.7. The highest BCUT2D eigenvalue weighted by molar-refractivity contribution is 7.14. The largest absolute Gasteiger partial charge is 0.383 e. The molecule has 2 fully saturated rings. The summed E-state index contributed by atoms with van der Waals surface area (Å²) in [7, 11) is 1.71. The minimum absolute atomic E-state index is 0.101. The Morgan fingerprint density at radius 3 is 2.80 bits per heavy atom. The van der Waals surface area contributed by atoms with Crippen LogP contribution in [0.5, 0.6) is 0 Å². The highest BCUT2D eigenvalue weighted by atomic mass is 32.1. The number of carbonyl (C=O) groups excluding carboxylic acids is 1. The van der Waals surface area contributed by atoms with Gasteiger partial charge in [-0.2, -0.15) is 0 Å². The maximum atomic E-state index is 13.7. The van der Waals surface area contributed by atoms with Gasteiger partial charge in [0.25, 0.3) is 5.91 Å². The van der Waals surface area contributed by atoms with E-state index in [-0.39, 0.29) is 5.91 Å². The van der Waals surface area contributed by atoms with Crippen molar-refractivity contribution in [2.75, 3.05) is 39.9 Å². The van der Waals surface area contributed by atoms with Crippen LogP contribution in [-0.2, 0) is 4.74 Å². The highest BCUT2D eigenvalue weighted by Gasteiger charge is 2.35. The number of piperidine rings is 2. The Kier molecular flexibility index (Phi) is 7.18. The van der Waals surface area contributed by atoms with Crippen molar-refractivity contribution in [1.82, 2.24) is 14.8 Å². The second-order valence-corrected chi connectivity index (χ2v) is 9.73. The molecule has 1 aromatic heterocycles. The van der Waals surface area contributed by atoms with E-state index in [4.69, 9.17) is 9.72 Å². The van der Waals surface area contributed by atoms with Gasteiger partial charge in [0.05, 0.1) is 17.3 Å². The number of methoxy groups -OCH3 is 1. The van der Waals surface area contributed by atoms with Crippen molar-refractivity contribution >= 4 is 17.2 Å². The highest BCUT2D eigenvalue weighted by Crippen LogP contribution is 2.33. The molecule has 162 valence electrons. The Morgan fingerprint density at radius 1 is 1.20 bits per heavy atom. The normalized spacial score (nSPS) is 21.9. The fourth-order valence-corrected chi connectivity index (χ4v) is 5.97. The molecule has 2 aliphatic rings. The lowest BCUT2D eigenvalue weighted by molar-refractivity contribution is 0.0318. The maximum Gasteiger partial charge on any atom is 0.266 e. The minimum atomic E-state index is 0.101. The molecule has 0 aliphatic carbocycles. The van der Waals surface area contributed by atoms with E-state index < -0.39 is 0 Å². The molecule has 1 amide bonds. The molecule has 0 N–H and O–H groups in total. The van der Waals surface area contributed by atoms with E-state index >= 15 is 0 Å². The number of nitrogens with zero attached hydrogens (tertiary/aromatic N) is 3. The van der Waals surface area contributed by atoms with Crippen molar-refractivity contribution in [2.24, 2.45) is 5.92 Å². The zero-order chi connectivity index (χ0) is 20.9. The monoisotopic (exact) mass is 427 g/mol. The van der Waals surface area contributed by atoms with Crippen LogP contribution in [0.1, 0.15) is 46.8 Å². The quantitative estimate of drug-likeness (QED) is 0.654. The van der Waals surface area contributed by atoms with Gasteiger partial charge in [-0.1, -0.05) is 36.8 Å². The van der Waals surface area contributed by atoms with Crippen molar-refractivity contribution < 1.29 is 9.53 Å². The third-order valence-electron chi connectivity index (χ3n) is 6.51. The first-order valence-corrected chi connectivity index (χ1v) is 12.0. The molecule has 2 unspecified atom stereocenters. The van der Waals surface area contributed by atoms with Crippen LogP contribution in [0.4, 0.5) is 0 Å². The zero-order valence-electron chi connectivity index (χ0n) is 18.2. The van der Waals surface area contributed by atoms with Crippen molar-refractivity contribution in [3.63, 3.8) is 0 Å². The van der Waals surface area contributed by atoms with Gasteiger partial charge in [0.1, 0.15) is 4.88 Å². The number of aromatic nitrogens is 1. The van der Waals surface area contributed by atoms with Gasteiger partial charge in [0.2, 0.25) is 0 Å². The van der Waals surface area contributed by atoms with Crippen LogP contribution in [-0.4, -0.2) is 66.6 Å². The summed E-state index contributed by atoms with van der Waals surface area (Å²) in [4.78, 5) is 23.9. The van der Waals surface area contributed by atoms with E-state index in [0.29, 0.717) is 25.1 Å². The van der Waals surface area contributed by atoms with E-state index in [2.05, 4.69) is 4.90 Å².